The second-order valence-corrected chi connectivity index (χ2v) is 27.7. The van der Waals surface area contributed by atoms with Gasteiger partial charge in [0.1, 0.15) is 58.0 Å². The van der Waals surface area contributed by atoms with E-state index >= 15 is 13.2 Å². The first-order chi connectivity index (χ1) is 48.9. The third-order valence-electron chi connectivity index (χ3n) is 21.0. The average molecular weight is 1420 g/mol. The molecule has 102 heavy (non-hydrogen) atoms. The number of benzene rings is 6. The van der Waals surface area contributed by atoms with Crippen molar-refractivity contribution in [1.82, 2.24) is 29.9 Å². The summed E-state index contributed by atoms with van der Waals surface area (Å²) >= 11 is 0. The maximum atomic E-state index is 15.9. The zero-order valence-corrected chi connectivity index (χ0v) is 60.9. The van der Waals surface area contributed by atoms with Crippen LogP contribution in [0.4, 0.5) is 42.0 Å². The third kappa shape index (κ3) is 17.0. The molecule has 9 aromatic rings. The SMILES string of the molecule is C.CCCCc1ccc2nc(C3CC3)nc(N3CCC(c4ccccc4OC)CC3)c2c1F.CCCN(C)c1ccc2nc(C3CC3)nc(N3CCC(c4ccccc4OC)CC3)c2c1F.CO.COc1ccccc1C1CCN(c2nc(C3CC3)nc3ccc(N(C)CCO)c(F)c23)CC1.Cl. The highest BCUT2D eigenvalue weighted by molar-refractivity contribution is 5.95. The lowest BCUT2D eigenvalue weighted by Gasteiger charge is -2.34. The Labute approximate surface area is 607 Å². The van der Waals surface area contributed by atoms with Crippen LogP contribution in [0.3, 0.4) is 0 Å². The van der Waals surface area contributed by atoms with Crippen molar-refractivity contribution in [2.75, 3.05) is 126 Å². The molecule has 2 N–H and O–H groups in total. The number of fused-ring (bicyclic) bond motifs is 3. The summed E-state index contributed by atoms with van der Waals surface area (Å²) in [5.74, 6) is 9.61. The number of unbranched alkanes of at least 4 members (excludes halogenated alkanes) is 1. The van der Waals surface area contributed by atoms with Gasteiger partial charge < -0.3 is 48.9 Å². The van der Waals surface area contributed by atoms with Crippen LogP contribution in [-0.4, -0.2) is 142 Å². The summed E-state index contributed by atoms with van der Waals surface area (Å²) in [6, 6.07) is 36.2. The maximum Gasteiger partial charge on any atom is 0.159 e. The molecule has 3 aliphatic heterocycles. The van der Waals surface area contributed by atoms with E-state index in [2.05, 4.69) is 64.9 Å². The van der Waals surface area contributed by atoms with Crippen LogP contribution >= 0.6 is 12.4 Å². The van der Waals surface area contributed by atoms with E-state index in [4.69, 9.17) is 49.2 Å². The van der Waals surface area contributed by atoms with Crippen LogP contribution in [0.25, 0.3) is 32.7 Å². The third-order valence-corrected chi connectivity index (χ3v) is 21.0. The Bertz CT molecular complexity index is 4070. The predicted molar refractivity (Wildman–Crippen MR) is 411 cm³/mol. The zero-order chi connectivity index (χ0) is 70.0. The number of methoxy groups -OCH3 is 3. The Balaban J connectivity index is 0.000000161. The lowest BCUT2D eigenvalue weighted by Crippen LogP contribution is -2.34. The Morgan fingerprint density at radius 3 is 1.06 bits per heavy atom. The molecule has 16 nitrogen and oxygen atoms in total. The molecule has 0 radical (unpaired) electrons. The van der Waals surface area contributed by atoms with Gasteiger partial charge in [0.2, 0.25) is 0 Å². The van der Waals surface area contributed by atoms with Gasteiger partial charge in [-0.1, -0.05) is 88.4 Å². The van der Waals surface area contributed by atoms with E-state index in [9.17, 15) is 5.11 Å². The number of hydrogen-bond donors (Lipinski definition) is 2. The van der Waals surface area contributed by atoms with E-state index in [1.807, 2.05) is 78.7 Å². The van der Waals surface area contributed by atoms with Crippen molar-refractivity contribution in [3.05, 3.63) is 166 Å². The number of rotatable bonds is 21. The number of aryl methyl sites for hydroxylation is 1. The highest BCUT2D eigenvalue weighted by atomic mass is 35.5. The van der Waals surface area contributed by atoms with Crippen molar-refractivity contribution in [3.8, 4) is 17.2 Å². The Kier molecular flexibility index (Phi) is 26.4. The maximum absolute atomic E-state index is 15.9. The standard InChI is InChI=1S/C27H33FN4O.C27H32FN3O.C26H31FN4O2.CH4O.CH4.ClH/c1-4-15-31(2)22-12-11-21-24(25(22)28)27(30-26(29-21)19-9-10-19)32-16-13-18(14-17-32)20-7-5-6-8-23(20)33-3;1-3-4-7-19-12-13-22-24(25(19)28)27(30-26(29-22)20-10-11-20)31-16-14-18(15-17-31)21-8-5-6-9-23(21)32-2;1-30(15-16-32)21-10-9-20-23(24(21)27)26(29-25(28-20)18-7-8-18)31-13-11-17(12-14-31)19-5-3-4-6-22(19)33-2;1-2;;/h5-8,11-12,18-19H,4,9-10,13-17H2,1-3H3;5-6,8-9,12-13,18,20H,3-4,7,10-11,14-17H2,1-2H3;3-6,9-10,17-18,32H,7-8,11-16H2,1-2H3;2H,1H3;1H4;1H. The van der Waals surface area contributed by atoms with E-state index in [0.717, 1.165) is 219 Å². The molecule has 6 aliphatic rings. The van der Waals surface area contributed by atoms with E-state index in [0.29, 0.717) is 80.9 Å². The number of anilines is 5. The molecule has 3 saturated carbocycles. The van der Waals surface area contributed by atoms with Gasteiger partial charge in [0.05, 0.1) is 72.0 Å². The average Bonchev–Trinajstić information content (AvgIpc) is 0.884. The highest BCUT2D eigenvalue weighted by Gasteiger charge is 2.36. The number of likely N-dealkylation sites (N-methyl/N-ethyl adjacent to an activating group) is 1. The molecule has 0 unspecified atom stereocenters. The Morgan fingerprint density at radius 2 is 0.745 bits per heavy atom. The zero-order valence-electron chi connectivity index (χ0n) is 60.1. The van der Waals surface area contributed by atoms with Crippen LogP contribution in [0.1, 0.15) is 193 Å². The van der Waals surface area contributed by atoms with Crippen LogP contribution in [0.15, 0.2) is 109 Å². The Morgan fingerprint density at radius 1 is 0.422 bits per heavy atom. The van der Waals surface area contributed by atoms with Crippen molar-refractivity contribution in [2.45, 2.75) is 160 Å². The summed E-state index contributed by atoms with van der Waals surface area (Å²) in [5.41, 5.74) is 7.78. The minimum absolute atomic E-state index is 0. The van der Waals surface area contributed by atoms with Gasteiger partial charge in [0, 0.05) is 91.3 Å². The van der Waals surface area contributed by atoms with Gasteiger partial charge in [-0.2, -0.15) is 0 Å². The fourth-order valence-corrected chi connectivity index (χ4v) is 14.9. The fraction of sp³-hybridized carbons (Fsp3) is 0.488. The number of halogens is 4. The van der Waals surface area contributed by atoms with Crippen LogP contribution in [0.2, 0.25) is 0 Å². The quantitative estimate of drug-likeness (QED) is 0.0698. The molecule has 15 rings (SSSR count). The minimum atomic E-state index is -0.312. The van der Waals surface area contributed by atoms with Crippen molar-refractivity contribution in [2.24, 2.45) is 0 Å². The molecule has 546 valence electrons. The molecule has 3 saturated heterocycles. The Hall–Kier alpha value is -8.26. The second kappa shape index (κ2) is 35.3. The molecule has 0 bridgehead atoms. The van der Waals surface area contributed by atoms with Crippen molar-refractivity contribution in [1.29, 1.82) is 0 Å². The number of hydrogen-bond acceptors (Lipinski definition) is 16. The second-order valence-electron chi connectivity index (χ2n) is 27.7. The predicted octanol–water partition coefficient (Wildman–Crippen LogP) is 17.4. The van der Waals surface area contributed by atoms with Crippen LogP contribution in [0, 0.1) is 17.5 Å². The van der Waals surface area contributed by atoms with Crippen LogP contribution < -0.4 is 38.7 Å². The van der Waals surface area contributed by atoms with Gasteiger partial charge >= 0.3 is 0 Å². The summed E-state index contributed by atoms with van der Waals surface area (Å²) in [4.78, 5) is 39.6. The number of aromatic nitrogens is 6. The summed E-state index contributed by atoms with van der Waals surface area (Å²) in [5, 5.41) is 18.0. The lowest BCUT2D eigenvalue weighted by molar-refractivity contribution is 0.304. The first kappa shape index (κ1) is 76.4. The molecule has 6 heterocycles. The minimum Gasteiger partial charge on any atom is -0.496 e. The molecule has 6 aromatic carbocycles. The van der Waals surface area contributed by atoms with E-state index in [1.165, 1.54) is 16.7 Å². The summed E-state index contributed by atoms with van der Waals surface area (Å²) in [7, 11) is 9.92. The first-order valence-corrected chi connectivity index (χ1v) is 36.5. The van der Waals surface area contributed by atoms with Crippen LogP contribution in [0.5, 0.6) is 17.2 Å². The number of aliphatic hydroxyl groups excluding tert-OH is 2. The lowest BCUT2D eigenvalue weighted by atomic mass is 9.88. The van der Waals surface area contributed by atoms with Gasteiger partial charge in [0.25, 0.3) is 0 Å². The first-order valence-electron chi connectivity index (χ1n) is 36.5. The molecule has 0 spiro atoms. The topological polar surface area (TPSA) is 162 Å². The summed E-state index contributed by atoms with van der Waals surface area (Å²) in [6.07, 6.45) is 16.4. The monoisotopic (exact) mass is 1420 g/mol. The highest BCUT2D eigenvalue weighted by Crippen LogP contribution is 2.47. The fourth-order valence-electron chi connectivity index (χ4n) is 14.9. The van der Waals surface area contributed by atoms with E-state index < -0.39 is 0 Å². The van der Waals surface area contributed by atoms with Gasteiger partial charge in [0.15, 0.2) is 11.6 Å². The molecule has 6 fully saturated rings. The summed E-state index contributed by atoms with van der Waals surface area (Å²) in [6.45, 7) is 10.4. The molecular weight excluding hydrogens is 1310 g/mol. The van der Waals surface area contributed by atoms with E-state index in [-0.39, 0.29) is 43.9 Å². The van der Waals surface area contributed by atoms with Crippen molar-refractivity contribution >= 4 is 73.9 Å². The molecule has 20 heteroatoms. The molecule has 0 atom stereocenters. The van der Waals surface area contributed by atoms with E-state index in [1.54, 1.807) is 39.3 Å². The largest absolute Gasteiger partial charge is 0.496 e. The number of aliphatic hydroxyl groups is 2. The normalized spacial score (nSPS) is 16.4. The number of para-hydroxylation sites is 3. The summed E-state index contributed by atoms with van der Waals surface area (Å²) < 4.78 is 64.1. The van der Waals surface area contributed by atoms with Crippen molar-refractivity contribution < 1.29 is 37.6 Å². The molecule has 3 aliphatic carbocycles. The molecule has 0 amide bonds. The van der Waals surface area contributed by atoms with Gasteiger partial charge in [-0.3, -0.25) is 0 Å². The van der Waals surface area contributed by atoms with Gasteiger partial charge in [-0.25, -0.2) is 43.1 Å². The number of ether oxygens (including phenoxy) is 3. The molecule has 3 aromatic heterocycles. The van der Waals surface area contributed by atoms with Gasteiger partial charge in [-0.05, 0) is 185 Å². The van der Waals surface area contributed by atoms with Crippen molar-refractivity contribution in [3.63, 3.8) is 0 Å². The van der Waals surface area contributed by atoms with Gasteiger partial charge in [-0.15, -0.1) is 12.4 Å². The van der Waals surface area contributed by atoms with Crippen LogP contribution in [-0.2, 0) is 6.42 Å². The molecular formula is C82H105ClF3N11O5. The number of piperidine rings is 3. The number of nitrogens with zero attached hydrogens (tertiary/aromatic N) is 11. The smallest absolute Gasteiger partial charge is 0.159 e.